The molecule has 0 aliphatic heterocycles. The van der Waals surface area contributed by atoms with E-state index in [1.165, 1.54) is 6.20 Å². The number of hydrogen-bond donors (Lipinski definition) is 2. The number of aromatic nitrogens is 2. The highest BCUT2D eigenvalue weighted by atomic mass is 32.1. The molecule has 2 rings (SSSR count). The van der Waals surface area contributed by atoms with Crippen LogP contribution in [0.2, 0.25) is 0 Å². The Balaban J connectivity index is 2.16. The quantitative estimate of drug-likeness (QED) is 0.834. The number of nitrogens with one attached hydrogen (secondary N) is 1. The molecule has 2 aromatic rings. The lowest BCUT2D eigenvalue weighted by molar-refractivity contribution is 0.0786. The fourth-order valence-electron chi connectivity index (χ4n) is 1.44. The van der Waals surface area contributed by atoms with Crippen LogP contribution in [0.5, 0.6) is 11.6 Å². The molecule has 0 saturated carbocycles. The maximum absolute atomic E-state index is 9.83. The van der Waals surface area contributed by atoms with E-state index < -0.39 is 5.60 Å². The molecule has 2 N–H and O–H groups in total. The zero-order valence-corrected chi connectivity index (χ0v) is 11.0. The molecule has 0 bridgehead atoms. The summed E-state index contributed by atoms with van der Waals surface area (Å²) in [6.45, 7) is 3.48. The second kappa shape index (κ2) is 4.88. The van der Waals surface area contributed by atoms with E-state index in [9.17, 15) is 5.11 Å². The zero-order valence-electron chi connectivity index (χ0n) is 10.2. The van der Waals surface area contributed by atoms with Crippen molar-refractivity contribution in [2.24, 2.45) is 0 Å². The van der Waals surface area contributed by atoms with Crippen molar-refractivity contribution in [3.05, 3.63) is 46.9 Å². The molecule has 5 heteroatoms. The number of benzene rings is 1. The molecule has 18 heavy (non-hydrogen) atoms. The van der Waals surface area contributed by atoms with E-state index in [4.69, 9.17) is 17.0 Å². The molecule has 0 atom stereocenters. The Morgan fingerprint density at radius 3 is 2.44 bits per heavy atom. The number of H-pyrrole nitrogens is 1. The zero-order chi connectivity index (χ0) is 13.2. The van der Waals surface area contributed by atoms with Gasteiger partial charge in [-0.05, 0) is 31.5 Å². The number of nitrogens with zero attached hydrogens (tertiary/aromatic N) is 1. The highest BCUT2D eigenvalue weighted by Crippen LogP contribution is 2.24. The predicted molar refractivity (Wildman–Crippen MR) is 71.2 cm³/mol. The lowest BCUT2D eigenvalue weighted by Crippen LogP contribution is -2.14. The summed E-state index contributed by atoms with van der Waals surface area (Å²) in [6, 6.07) is 7.22. The van der Waals surface area contributed by atoms with Crippen molar-refractivity contribution in [3.8, 4) is 11.6 Å². The van der Waals surface area contributed by atoms with Gasteiger partial charge in [-0.3, -0.25) is 0 Å². The molecule has 1 aromatic carbocycles. The van der Waals surface area contributed by atoms with E-state index in [0.29, 0.717) is 16.3 Å². The monoisotopic (exact) mass is 262 g/mol. The molecular formula is C13H14N2O2S. The Hall–Kier alpha value is -1.72. The van der Waals surface area contributed by atoms with Gasteiger partial charge < -0.3 is 14.8 Å². The largest absolute Gasteiger partial charge is 0.438 e. The lowest BCUT2D eigenvalue weighted by Gasteiger charge is -2.17. The van der Waals surface area contributed by atoms with Gasteiger partial charge in [0, 0.05) is 0 Å². The first-order valence-electron chi connectivity index (χ1n) is 5.51. The molecule has 0 fully saturated rings. The van der Waals surface area contributed by atoms with E-state index >= 15 is 0 Å². The Labute approximate surface area is 110 Å². The molecule has 0 amide bonds. The first-order chi connectivity index (χ1) is 8.45. The first kappa shape index (κ1) is 12.7. The van der Waals surface area contributed by atoms with Gasteiger partial charge in [-0.15, -0.1) is 0 Å². The first-order valence-corrected chi connectivity index (χ1v) is 5.91. The minimum atomic E-state index is -0.853. The number of rotatable bonds is 3. The van der Waals surface area contributed by atoms with Gasteiger partial charge in [0.2, 0.25) is 5.88 Å². The van der Waals surface area contributed by atoms with Crippen LogP contribution in [-0.2, 0) is 5.60 Å². The van der Waals surface area contributed by atoms with E-state index in [1.54, 1.807) is 32.2 Å². The Kier molecular flexibility index (Phi) is 3.45. The maximum atomic E-state index is 9.83. The number of aliphatic hydroxyl groups is 1. The van der Waals surface area contributed by atoms with E-state index in [1.807, 2.05) is 12.1 Å². The summed E-state index contributed by atoms with van der Waals surface area (Å²) < 4.78 is 6.09. The van der Waals surface area contributed by atoms with Gasteiger partial charge in [0.05, 0.1) is 18.0 Å². The standard InChI is InChI=1S/C13H14N2O2S/c1-13(2,16)9-3-5-10(6-4-9)17-11-7-15-12(18)8-14-11/h3-8,16H,1-2H3,(H,15,18). The molecular weight excluding hydrogens is 248 g/mol. The summed E-state index contributed by atoms with van der Waals surface area (Å²) in [5.74, 6) is 1.10. The van der Waals surface area contributed by atoms with Crippen LogP contribution < -0.4 is 4.74 Å². The van der Waals surface area contributed by atoms with Gasteiger partial charge in [-0.2, -0.15) is 0 Å². The summed E-state index contributed by atoms with van der Waals surface area (Å²) >= 11 is 4.89. The van der Waals surface area contributed by atoms with Crippen LogP contribution in [0.15, 0.2) is 36.7 Å². The molecule has 0 unspecified atom stereocenters. The van der Waals surface area contributed by atoms with Crippen LogP contribution in [0.3, 0.4) is 0 Å². The smallest absolute Gasteiger partial charge is 0.235 e. The van der Waals surface area contributed by atoms with Crippen molar-refractivity contribution in [1.82, 2.24) is 9.97 Å². The molecule has 4 nitrogen and oxygen atoms in total. The molecule has 0 spiro atoms. The highest BCUT2D eigenvalue weighted by Gasteiger charge is 2.15. The molecule has 0 aliphatic rings. The van der Waals surface area contributed by atoms with Crippen LogP contribution in [0.1, 0.15) is 19.4 Å². The van der Waals surface area contributed by atoms with E-state index in [0.717, 1.165) is 5.56 Å². The van der Waals surface area contributed by atoms with Crippen LogP contribution in [0, 0.1) is 4.64 Å². The fourth-order valence-corrected chi connectivity index (χ4v) is 1.55. The molecule has 0 aliphatic carbocycles. The summed E-state index contributed by atoms with van der Waals surface area (Å²) in [4.78, 5) is 6.88. The molecule has 0 radical (unpaired) electrons. The normalized spacial score (nSPS) is 11.3. The molecule has 1 aromatic heterocycles. The Bertz CT molecular complexity index is 565. The lowest BCUT2D eigenvalue weighted by atomic mass is 9.99. The van der Waals surface area contributed by atoms with Crippen molar-refractivity contribution in [2.75, 3.05) is 0 Å². The van der Waals surface area contributed by atoms with Gasteiger partial charge in [0.25, 0.3) is 0 Å². The van der Waals surface area contributed by atoms with Crippen LogP contribution in [0.4, 0.5) is 0 Å². The Morgan fingerprint density at radius 2 is 1.94 bits per heavy atom. The summed E-state index contributed by atoms with van der Waals surface area (Å²) in [5, 5.41) is 9.83. The van der Waals surface area contributed by atoms with Crippen molar-refractivity contribution in [1.29, 1.82) is 0 Å². The predicted octanol–water partition coefficient (Wildman–Crippen LogP) is 3.16. The highest BCUT2D eigenvalue weighted by molar-refractivity contribution is 7.71. The number of hydrogen-bond acceptors (Lipinski definition) is 4. The van der Waals surface area contributed by atoms with Gasteiger partial charge in [-0.25, -0.2) is 4.98 Å². The summed E-state index contributed by atoms with van der Waals surface area (Å²) in [7, 11) is 0. The summed E-state index contributed by atoms with van der Waals surface area (Å²) in [6.07, 6.45) is 3.13. The summed E-state index contributed by atoms with van der Waals surface area (Å²) in [5.41, 5.74) is -0.0237. The van der Waals surface area contributed by atoms with Crippen molar-refractivity contribution in [3.63, 3.8) is 0 Å². The van der Waals surface area contributed by atoms with Crippen molar-refractivity contribution < 1.29 is 9.84 Å². The molecule has 1 heterocycles. The van der Waals surface area contributed by atoms with E-state index in [2.05, 4.69) is 9.97 Å². The van der Waals surface area contributed by atoms with Crippen molar-refractivity contribution >= 4 is 12.2 Å². The van der Waals surface area contributed by atoms with E-state index in [-0.39, 0.29) is 0 Å². The Morgan fingerprint density at radius 1 is 1.28 bits per heavy atom. The second-order valence-corrected chi connectivity index (χ2v) is 4.87. The second-order valence-electron chi connectivity index (χ2n) is 4.43. The molecule has 94 valence electrons. The molecule has 0 saturated heterocycles. The SMILES string of the molecule is CC(C)(O)c1ccc(Oc2c[nH]c(=S)cn2)cc1. The fraction of sp³-hybridized carbons (Fsp3) is 0.231. The number of ether oxygens (including phenoxy) is 1. The van der Waals surface area contributed by atoms with Crippen LogP contribution in [-0.4, -0.2) is 15.1 Å². The third-order valence-corrected chi connectivity index (χ3v) is 2.65. The van der Waals surface area contributed by atoms with Crippen LogP contribution in [0.25, 0.3) is 0 Å². The van der Waals surface area contributed by atoms with Gasteiger partial charge in [-0.1, -0.05) is 24.4 Å². The minimum Gasteiger partial charge on any atom is -0.438 e. The third kappa shape index (κ3) is 3.15. The minimum absolute atomic E-state index is 0.444. The average Bonchev–Trinajstić information content (AvgIpc) is 2.32. The van der Waals surface area contributed by atoms with Gasteiger partial charge in [0.15, 0.2) is 0 Å². The number of aromatic amines is 1. The van der Waals surface area contributed by atoms with Crippen LogP contribution >= 0.6 is 12.2 Å². The van der Waals surface area contributed by atoms with Gasteiger partial charge in [0.1, 0.15) is 10.4 Å². The maximum Gasteiger partial charge on any atom is 0.235 e. The average molecular weight is 262 g/mol. The van der Waals surface area contributed by atoms with Gasteiger partial charge >= 0.3 is 0 Å². The topological polar surface area (TPSA) is 58.1 Å². The third-order valence-electron chi connectivity index (χ3n) is 2.43. The van der Waals surface area contributed by atoms with Crippen molar-refractivity contribution in [2.45, 2.75) is 19.4 Å².